The largest absolute Gasteiger partial charge is 0.347 e. The van der Waals surface area contributed by atoms with E-state index in [0.717, 1.165) is 5.69 Å². The number of nitrogens with zero attached hydrogens (tertiary/aromatic N) is 3. The van der Waals surface area contributed by atoms with Gasteiger partial charge in [0.25, 0.3) is 0 Å². The van der Waals surface area contributed by atoms with Crippen molar-refractivity contribution in [2.75, 3.05) is 32.0 Å². The van der Waals surface area contributed by atoms with Gasteiger partial charge in [-0.05, 0) is 39.8 Å². The molecule has 1 heterocycles. The van der Waals surface area contributed by atoms with E-state index in [9.17, 15) is 9.59 Å². The SMILES string of the molecule is CN=C(NCC(=O)Nc1ccccc1)N1CC(=O)N(C(C)C)C(C)(C)C1. The van der Waals surface area contributed by atoms with Crippen molar-refractivity contribution in [3.8, 4) is 0 Å². The Morgan fingerprint density at radius 3 is 2.46 bits per heavy atom. The lowest BCUT2D eigenvalue weighted by Crippen LogP contribution is -2.66. The van der Waals surface area contributed by atoms with Crippen molar-refractivity contribution in [3.05, 3.63) is 30.3 Å². The molecule has 0 radical (unpaired) electrons. The van der Waals surface area contributed by atoms with Crippen LogP contribution in [0.2, 0.25) is 0 Å². The zero-order valence-electron chi connectivity index (χ0n) is 16.2. The lowest BCUT2D eigenvalue weighted by molar-refractivity contribution is -0.145. The fourth-order valence-corrected chi connectivity index (χ4v) is 3.53. The van der Waals surface area contributed by atoms with E-state index >= 15 is 0 Å². The van der Waals surface area contributed by atoms with Gasteiger partial charge in [0.2, 0.25) is 11.8 Å². The minimum atomic E-state index is -0.312. The average Bonchev–Trinajstić information content (AvgIpc) is 2.54. The van der Waals surface area contributed by atoms with Crippen molar-refractivity contribution in [2.24, 2.45) is 4.99 Å². The molecule has 0 aliphatic carbocycles. The lowest BCUT2D eigenvalue weighted by Gasteiger charge is -2.49. The highest BCUT2D eigenvalue weighted by atomic mass is 16.2. The second-order valence-electron chi connectivity index (χ2n) is 7.34. The number of benzene rings is 1. The molecule has 1 aliphatic heterocycles. The predicted octanol–water partition coefficient (Wildman–Crippen LogP) is 1.53. The van der Waals surface area contributed by atoms with E-state index in [1.807, 2.05) is 67.8 Å². The van der Waals surface area contributed by atoms with Crippen LogP contribution in [0.5, 0.6) is 0 Å². The van der Waals surface area contributed by atoms with Gasteiger partial charge in [0.15, 0.2) is 5.96 Å². The normalized spacial score (nSPS) is 17.5. The van der Waals surface area contributed by atoms with Crippen LogP contribution in [0.3, 0.4) is 0 Å². The van der Waals surface area contributed by atoms with Gasteiger partial charge in [0.05, 0.1) is 18.6 Å². The molecule has 0 unspecified atom stereocenters. The molecule has 0 aromatic heterocycles. The maximum Gasteiger partial charge on any atom is 0.243 e. The molecule has 7 heteroatoms. The average molecular weight is 359 g/mol. The number of guanidine groups is 1. The summed E-state index contributed by atoms with van der Waals surface area (Å²) >= 11 is 0. The van der Waals surface area contributed by atoms with Crippen molar-refractivity contribution in [1.82, 2.24) is 15.1 Å². The van der Waals surface area contributed by atoms with E-state index in [-0.39, 0.29) is 36.5 Å². The molecule has 2 N–H and O–H groups in total. The molecule has 0 spiro atoms. The minimum Gasteiger partial charge on any atom is -0.347 e. The van der Waals surface area contributed by atoms with Gasteiger partial charge in [-0.15, -0.1) is 0 Å². The first-order valence-corrected chi connectivity index (χ1v) is 8.87. The Bertz CT molecular complexity index is 670. The van der Waals surface area contributed by atoms with E-state index in [0.29, 0.717) is 12.5 Å². The number of hydrogen-bond acceptors (Lipinski definition) is 3. The summed E-state index contributed by atoms with van der Waals surface area (Å²) in [5.41, 5.74) is 0.434. The number of aliphatic imine (C=N–C) groups is 1. The molecule has 1 aliphatic rings. The first-order chi connectivity index (χ1) is 12.2. The van der Waals surface area contributed by atoms with Crippen LogP contribution in [0.25, 0.3) is 0 Å². The molecule has 0 atom stereocenters. The third-order valence-electron chi connectivity index (χ3n) is 4.32. The summed E-state index contributed by atoms with van der Waals surface area (Å²) in [4.78, 5) is 32.8. The highest BCUT2D eigenvalue weighted by Crippen LogP contribution is 2.24. The summed E-state index contributed by atoms with van der Waals surface area (Å²) in [5.74, 6) is 0.453. The maximum absolute atomic E-state index is 12.6. The van der Waals surface area contributed by atoms with Crippen molar-refractivity contribution in [2.45, 2.75) is 39.3 Å². The number of carbonyl (C=O) groups excluding carboxylic acids is 2. The van der Waals surface area contributed by atoms with Gasteiger partial charge in [0.1, 0.15) is 0 Å². The van der Waals surface area contributed by atoms with Crippen LogP contribution in [0.15, 0.2) is 35.3 Å². The molecule has 2 amide bonds. The highest BCUT2D eigenvalue weighted by Gasteiger charge is 2.40. The number of carbonyl (C=O) groups is 2. The maximum atomic E-state index is 12.6. The van der Waals surface area contributed by atoms with E-state index in [4.69, 9.17) is 0 Å². The molecule has 0 saturated carbocycles. The van der Waals surface area contributed by atoms with Crippen LogP contribution in [0.1, 0.15) is 27.7 Å². The quantitative estimate of drug-likeness (QED) is 0.631. The Morgan fingerprint density at radius 1 is 1.27 bits per heavy atom. The van der Waals surface area contributed by atoms with E-state index in [1.54, 1.807) is 7.05 Å². The fraction of sp³-hybridized carbons (Fsp3) is 0.526. The van der Waals surface area contributed by atoms with E-state index in [2.05, 4.69) is 15.6 Å². The van der Waals surface area contributed by atoms with E-state index < -0.39 is 0 Å². The minimum absolute atomic E-state index is 0.0629. The molecule has 1 saturated heterocycles. The number of para-hydroxylation sites is 1. The molecule has 7 nitrogen and oxygen atoms in total. The molecular formula is C19H29N5O2. The molecule has 0 bridgehead atoms. The number of nitrogens with one attached hydrogen (secondary N) is 2. The van der Waals surface area contributed by atoms with Crippen LogP contribution < -0.4 is 10.6 Å². The molecule has 1 fully saturated rings. The van der Waals surface area contributed by atoms with Gasteiger partial charge in [0, 0.05) is 25.3 Å². The number of amides is 2. The molecular weight excluding hydrogens is 330 g/mol. The molecule has 1 aromatic carbocycles. The Morgan fingerprint density at radius 2 is 1.92 bits per heavy atom. The van der Waals surface area contributed by atoms with Crippen LogP contribution in [-0.4, -0.2) is 65.8 Å². The summed E-state index contributed by atoms with van der Waals surface area (Å²) in [7, 11) is 1.66. The smallest absolute Gasteiger partial charge is 0.243 e. The summed E-state index contributed by atoms with van der Waals surface area (Å²) in [5, 5.41) is 5.88. The summed E-state index contributed by atoms with van der Waals surface area (Å²) in [6, 6.07) is 9.43. The van der Waals surface area contributed by atoms with Crippen molar-refractivity contribution < 1.29 is 9.59 Å². The second kappa shape index (κ2) is 8.21. The number of piperazine rings is 1. The van der Waals surface area contributed by atoms with Gasteiger partial charge in [-0.3, -0.25) is 14.6 Å². The van der Waals surface area contributed by atoms with Gasteiger partial charge >= 0.3 is 0 Å². The van der Waals surface area contributed by atoms with Crippen molar-refractivity contribution in [3.63, 3.8) is 0 Å². The monoisotopic (exact) mass is 359 g/mol. The Hall–Kier alpha value is -2.57. The first-order valence-electron chi connectivity index (χ1n) is 8.87. The van der Waals surface area contributed by atoms with Crippen molar-refractivity contribution in [1.29, 1.82) is 0 Å². The zero-order chi connectivity index (χ0) is 19.3. The zero-order valence-corrected chi connectivity index (χ0v) is 16.2. The van der Waals surface area contributed by atoms with Crippen LogP contribution >= 0.6 is 0 Å². The lowest BCUT2D eigenvalue weighted by atomic mass is 9.96. The van der Waals surface area contributed by atoms with Gasteiger partial charge in [-0.25, -0.2) is 0 Å². The topological polar surface area (TPSA) is 77.0 Å². The molecule has 1 aromatic rings. The Labute approximate surface area is 155 Å². The highest BCUT2D eigenvalue weighted by molar-refractivity contribution is 5.95. The summed E-state index contributed by atoms with van der Waals surface area (Å²) in [6.07, 6.45) is 0. The van der Waals surface area contributed by atoms with Crippen LogP contribution in [0, 0.1) is 0 Å². The summed E-state index contributed by atoms with van der Waals surface area (Å²) < 4.78 is 0. The third kappa shape index (κ3) is 4.74. The number of anilines is 1. The Kier molecular flexibility index (Phi) is 6.23. The fourth-order valence-electron chi connectivity index (χ4n) is 3.53. The summed E-state index contributed by atoms with van der Waals surface area (Å²) in [6.45, 7) is 9.13. The standard InChI is InChI=1S/C19H29N5O2/c1-14(2)24-17(26)12-23(13-19(24,3)4)18(20-5)21-11-16(25)22-15-9-7-6-8-10-15/h6-10,14H,11-13H2,1-5H3,(H,20,21)(H,22,25). The van der Waals surface area contributed by atoms with Gasteiger partial charge in [-0.1, -0.05) is 18.2 Å². The number of hydrogen-bond donors (Lipinski definition) is 2. The second-order valence-corrected chi connectivity index (χ2v) is 7.34. The predicted molar refractivity (Wildman–Crippen MR) is 104 cm³/mol. The first kappa shape index (κ1) is 19.8. The molecule has 142 valence electrons. The Balaban J connectivity index is 1.97. The molecule has 2 rings (SSSR count). The van der Waals surface area contributed by atoms with Crippen molar-refractivity contribution >= 4 is 23.5 Å². The van der Waals surface area contributed by atoms with E-state index in [1.165, 1.54) is 0 Å². The van der Waals surface area contributed by atoms with Crippen LogP contribution in [-0.2, 0) is 9.59 Å². The van der Waals surface area contributed by atoms with Gasteiger partial charge in [-0.2, -0.15) is 0 Å². The van der Waals surface area contributed by atoms with Gasteiger partial charge < -0.3 is 20.4 Å². The number of rotatable bonds is 4. The van der Waals surface area contributed by atoms with Crippen LogP contribution in [0.4, 0.5) is 5.69 Å². The third-order valence-corrected chi connectivity index (χ3v) is 4.32. The molecule has 26 heavy (non-hydrogen) atoms.